The minimum Gasteiger partial charge on any atom is -0.372 e. The number of fused-ring (bicyclic) bond motifs is 1. The molecule has 0 saturated heterocycles. The van der Waals surface area contributed by atoms with Crippen LogP contribution in [-0.2, 0) is 11.2 Å². The van der Waals surface area contributed by atoms with E-state index in [1.54, 1.807) is 6.07 Å². The SMILES string of the molecule is CNCC1OCCc2sc(F)cc21. The third-order valence-corrected chi connectivity index (χ3v) is 3.20. The summed E-state index contributed by atoms with van der Waals surface area (Å²) >= 11 is 1.25. The Morgan fingerprint density at radius 1 is 1.77 bits per heavy atom. The van der Waals surface area contributed by atoms with E-state index < -0.39 is 0 Å². The first kappa shape index (κ1) is 9.12. The van der Waals surface area contributed by atoms with E-state index in [0.717, 1.165) is 23.4 Å². The van der Waals surface area contributed by atoms with Crippen molar-refractivity contribution in [3.05, 3.63) is 21.6 Å². The highest BCUT2D eigenvalue weighted by atomic mass is 32.1. The first-order valence-corrected chi connectivity index (χ1v) is 5.17. The lowest BCUT2D eigenvalue weighted by molar-refractivity contribution is 0.0450. The van der Waals surface area contributed by atoms with Crippen LogP contribution in [0, 0.1) is 5.13 Å². The summed E-state index contributed by atoms with van der Waals surface area (Å²) in [7, 11) is 1.88. The van der Waals surface area contributed by atoms with E-state index in [2.05, 4.69) is 5.32 Å². The average molecular weight is 201 g/mol. The van der Waals surface area contributed by atoms with E-state index in [9.17, 15) is 4.39 Å². The number of halogens is 1. The Bertz CT molecular complexity index is 300. The van der Waals surface area contributed by atoms with Gasteiger partial charge in [0.15, 0.2) is 5.13 Å². The van der Waals surface area contributed by atoms with Gasteiger partial charge in [-0.05, 0) is 18.7 Å². The number of hydrogen-bond donors (Lipinski definition) is 1. The standard InChI is InChI=1S/C9H12FNOS/c1-11-5-7-6-4-9(10)13-8(6)2-3-12-7/h4,7,11H,2-3,5H2,1H3. The summed E-state index contributed by atoms with van der Waals surface area (Å²) in [5, 5.41) is 2.94. The van der Waals surface area contributed by atoms with Gasteiger partial charge in [0.2, 0.25) is 0 Å². The fourth-order valence-corrected chi connectivity index (χ4v) is 2.53. The lowest BCUT2D eigenvalue weighted by Gasteiger charge is -2.22. The van der Waals surface area contributed by atoms with Crippen LogP contribution in [0.5, 0.6) is 0 Å². The molecular weight excluding hydrogens is 189 g/mol. The van der Waals surface area contributed by atoms with Crippen LogP contribution < -0.4 is 5.32 Å². The molecule has 2 nitrogen and oxygen atoms in total. The highest BCUT2D eigenvalue weighted by Gasteiger charge is 2.22. The molecule has 0 spiro atoms. The van der Waals surface area contributed by atoms with E-state index in [0.29, 0.717) is 6.61 Å². The van der Waals surface area contributed by atoms with Gasteiger partial charge in [0.25, 0.3) is 0 Å². The van der Waals surface area contributed by atoms with Crippen molar-refractivity contribution in [2.75, 3.05) is 20.2 Å². The second-order valence-corrected chi connectivity index (χ2v) is 4.18. The third kappa shape index (κ3) is 1.75. The van der Waals surface area contributed by atoms with Crippen LogP contribution in [0.3, 0.4) is 0 Å². The third-order valence-electron chi connectivity index (χ3n) is 2.20. The van der Waals surface area contributed by atoms with Crippen molar-refractivity contribution in [1.29, 1.82) is 0 Å². The molecule has 0 amide bonds. The van der Waals surface area contributed by atoms with Gasteiger partial charge < -0.3 is 10.1 Å². The van der Waals surface area contributed by atoms with Gasteiger partial charge in [-0.2, -0.15) is 4.39 Å². The normalized spacial score (nSPS) is 21.5. The summed E-state index contributed by atoms with van der Waals surface area (Å²) in [6.45, 7) is 1.46. The molecule has 1 unspecified atom stereocenters. The van der Waals surface area contributed by atoms with Crippen molar-refractivity contribution < 1.29 is 9.13 Å². The molecule has 1 atom stereocenters. The molecule has 72 valence electrons. The summed E-state index contributed by atoms with van der Waals surface area (Å²) in [5.41, 5.74) is 1.03. The molecule has 4 heteroatoms. The van der Waals surface area contributed by atoms with E-state index >= 15 is 0 Å². The van der Waals surface area contributed by atoms with Gasteiger partial charge in [-0.1, -0.05) is 0 Å². The van der Waals surface area contributed by atoms with Crippen molar-refractivity contribution in [2.45, 2.75) is 12.5 Å². The van der Waals surface area contributed by atoms with Crippen molar-refractivity contribution in [2.24, 2.45) is 0 Å². The van der Waals surface area contributed by atoms with Gasteiger partial charge in [0.1, 0.15) is 0 Å². The van der Waals surface area contributed by atoms with Gasteiger partial charge in [0.05, 0.1) is 12.7 Å². The maximum atomic E-state index is 12.9. The summed E-state index contributed by atoms with van der Waals surface area (Å²) in [6.07, 6.45) is 0.888. The molecule has 2 heterocycles. The Kier molecular flexibility index (Phi) is 2.62. The van der Waals surface area contributed by atoms with Crippen LogP contribution in [-0.4, -0.2) is 20.2 Å². The predicted octanol–water partition coefficient (Wildman–Crippen LogP) is 1.72. The lowest BCUT2D eigenvalue weighted by atomic mass is 10.1. The van der Waals surface area contributed by atoms with Crippen LogP contribution in [0.1, 0.15) is 16.5 Å². The molecule has 0 saturated carbocycles. The second-order valence-electron chi connectivity index (χ2n) is 3.10. The van der Waals surface area contributed by atoms with Gasteiger partial charge in [0, 0.05) is 17.8 Å². The number of rotatable bonds is 2. The Morgan fingerprint density at radius 3 is 3.38 bits per heavy atom. The summed E-state index contributed by atoms with van der Waals surface area (Å²) in [5.74, 6) is 0. The molecule has 1 aliphatic rings. The molecule has 1 N–H and O–H groups in total. The molecule has 0 aromatic carbocycles. The zero-order valence-corrected chi connectivity index (χ0v) is 8.29. The van der Waals surface area contributed by atoms with E-state index in [1.807, 2.05) is 7.05 Å². The Balaban J connectivity index is 2.25. The summed E-state index contributed by atoms with van der Waals surface area (Å²) in [4.78, 5) is 1.14. The van der Waals surface area contributed by atoms with Crippen LogP contribution in [0.2, 0.25) is 0 Å². The number of ether oxygens (including phenoxy) is 1. The van der Waals surface area contributed by atoms with Crippen LogP contribution in [0.4, 0.5) is 4.39 Å². The molecule has 1 aromatic rings. The number of hydrogen-bond acceptors (Lipinski definition) is 3. The quantitative estimate of drug-likeness (QED) is 0.786. The van der Waals surface area contributed by atoms with Crippen molar-refractivity contribution in [3.63, 3.8) is 0 Å². The predicted molar refractivity (Wildman–Crippen MR) is 50.6 cm³/mol. The van der Waals surface area contributed by atoms with E-state index in [4.69, 9.17) is 4.74 Å². The average Bonchev–Trinajstić information content (AvgIpc) is 2.47. The smallest absolute Gasteiger partial charge is 0.177 e. The fraction of sp³-hybridized carbons (Fsp3) is 0.556. The number of thiophene rings is 1. The second kappa shape index (κ2) is 3.74. The molecule has 2 rings (SSSR count). The lowest BCUT2D eigenvalue weighted by Crippen LogP contribution is -2.24. The van der Waals surface area contributed by atoms with Crippen LogP contribution in [0.25, 0.3) is 0 Å². The molecule has 0 aliphatic carbocycles. The molecule has 1 aliphatic heterocycles. The Labute approximate surface area is 80.7 Å². The summed E-state index contributed by atoms with van der Waals surface area (Å²) in [6, 6.07) is 1.60. The zero-order chi connectivity index (χ0) is 9.26. The highest BCUT2D eigenvalue weighted by Crippen LogP contribution is 2.32. The molecular formula is C9H12FNOS. The largest absolute Gasteiger partial charge is 0.372 e. The Morgan fingerprint density at radius 2 is 2.62 bits per heavy atom. The minimum absolute atomic E-state index is 0.0366. The van der Waals surface area contributed by atoms with E-state index in [1.165, 1.54) is 11.3 Å². The first-order valence-electron chi connectivity index (χ1n) is 4.35. The van der Waals surface area contributed by atoms with Gasteiger partial charge in [-0.15, -0.1) is 11.3 Å². The van der Waals surface area contributed by atoms with Gasteiger partial charge in [-0.3, -0.25) is 0 Å². The Hall–Kier alpha value is -0.450. The van der Waals surface area contributed by atoms with Gasteiger partial charge in [-0.25, -0.2) is 0 Å². The number of likely N-dealkylation sites (N-methyl/N-ethyl adjacent to an activating group) is 1. The fourth-order valence-electron chi connectivity index (χ4n) is 1.61. The topological polar surface area (TPSA) is 21.3 Å². The molecule has 0 radical (unpaired) electrons. The zero-order valence-electron chi connectivity index (χ0n) is 7.47. The van der Waals surface area contributed by atoms with Crippen molar-refractivity contribution in [1.82, 2.24) is 5.32 Å². The van der Waals surface area contributed by atoms with Gasteiger partial charge >= 0.3 is 0 Å². The molecule has 0 bridgehead atoms. The molecule has 1 aromatic heterocycles. The maximum Gasteiger partial charge on any atom is 0.177 e. The molecule has 0 fully saturated rings. The number of nitrogens with one attached hydrogen (secondary N) is 1. The first-order chi connectivity index (χ1) is 6.31. The van der Waals surface area contributed by atoms with E-state index in [-0.39, 0.29) is 11.2 Å². The monoisotopic (exact) mass is 201 g/mol. The highest BCUT2D eigenvalue weighted by molar-refractivity contribution is 7.10. The minimum atomic E-state index is -0.100. The molecule has 13 heavy (non-hydrogen) atoms. The summed E-state index contributed by atoms with van der Waals surface area (Å²) < 4.78 is 18.5. The van der Waals surface area contributed by atoms with Crippen LogP contribution in [0.15, 0.2) is 6.07 Å². The maximum absolute atomic E-state index is 12.9. The van der Waals surface area contributed by atoms with Crippen molar-refractivity contribution in [3.8, 4) is 0 Å². The van der Waals surface area contributed by atoms with Crippen molar-refractivity contribution >= 4 is 11.3 Å². The van der Waals surface area contributed by atoms with Crippen LogP contribution >= 0.6 is 11.3 Å².